The summed E-state index contributed by atoms with van der Waals surface area (Å²) in [4.78, 5) is 10.4. The van der Waals surface area contributed by atoms with Gasteiger partial charge in [-0.15, -0.1) is 0 Å². The van der Waals surface area contributed by atoms with E-state index in [9.17, 15) is 0 Å². The molecule has 5 nitrogen and oxygen atoms in total. The van der Waals surface area contributed by atoms with Crippen molar-refractivity contribution in [3.05, 3.63) is 150 Å². The van der Waals surface area contributed by atoms with Gasteiger partial charge in [-0.1, -0.05) is 94.3 Å². The molecule has 0 unspecified atom stereocenters. The summed E-state index contributed by atoms with van der Waals surface area (Å²) < 4.78 is 15.3. The Kier molecular flexibility index (Phi) is 6.15. The van der Waals surface area contributed by atoms with Crippen molar-refractivity contribution in [2.75, 3.05) is 0 Å². The summed E-state index contributed by atoms with van der Waals surface area (Å²) in [6.45, 7) is 18.8. The lowest BCUT2D eigenvalue weighted by Gasteiger charge is -2.35. The highest BCUT2D eigenvalue weighted by Gasteiger charge is 2.36. The molecule has 0 atom stereocenters. The molecule has 0 saturated heterocycles. The van der Waals surface area contributed by atoms with Crippen molar-refractivity contribution in [2.45, 2.75) is 26.2 Å². The molecular formula is C44H33N3O2. The number of nitrogens with zero attached hydrogens (tertiary/aromatic N) is 3. The van der Waals surface area contributed by atoms with Crippen LogP contribution in [0, 0.1) is 0 Å². The molecular weight excluding hydrogens is 603 g/mol. The van der Waals surface area contributed by atoms with Crippen molar-refractivity contribution in [3.63, 3.8) is 0 Å². The van der Waals surface area contributed by atoms with Crippen LogP contribution in [0.15, 0.2) is 120 Å². The Labute approximate surface area is 283 Å². The number of rotatable bonds is 5. The fourth-order valence-corrected chi connectivity index (χ4v) is 7.81. The number of benzene rings is 4. The third-order valence-electron chi connectivity index (χ3n) is 10.1. The van der Waals surface area contributed by atoms with Gasteiger partial charge in [0, 0.05) is 43.5 Å². The molecule has 8 aromatic rings. The topological polar surface area (TPSA) is 57.0 Å². The second-order valence-electron chi connectivity index (χ2n) is 13.0. The fourth-order valence-electron chi connectivity index (χ4n) is 7.81. The summed E-state index contributed by atoms with van der Waals surface area (Å²) in [5.41, 5.74) is 12.2. The molecule has 0 radical (unpaired) electrons. The van der Waals surface area contributed by atoms with Crippen molar-refractivity contribution < 1.29 is 8.83 Å². The van der Waals surface area contributed by atoms with Crippen LogP contribution >= 0.6 is 0 Å². The second-order valence-corrected chi connectivity index (χ2v) is 13.0. The van der Waals surface area contributed by atoms with Crippen LogP contribution in [0.5, 0.6) is 0 Å². The lowest BCUT2D eigenvalue weighted by atomic mass is 9.74. The number of allylic oxidation sites excluding steroid dienone is 1. The summed E-state index contributed by atoms with van der Waals surface area (Å²) in [7, 11) is 0. The van der Waals surface area contributed by atoms with E-state index in [1.54, 1.807) is 12.2 Å². The van der Waals surface area contributed by atoms with Crippen molar-refractivity contribution in [1.29, 1.82) is 0 Å². The minimum atomic E-state index is -0.299. The lowest BCUT2D eigenvalue weighted by molar-refractivity contribution is 0.519. The van der Waals surface area contributed by atoms with E-state index in [1.807, 2.05) is 55.5 Å². The maximum absolute atomic E-state index is 6.50. The molecule has 0 fully saturated rings. The van der Waals surface area contributed by atoms with Gasteiger partial charge in [0.05, 0.1) is 22.4 Å². The first-order chi connectivity index (χ1) is 23.9. The molecule has 4 aromatic heterocycles. The van der Waals surface area contributed by atoms with Crippen LogP contribution in [0.3, 0.4) is 0 Å². The maximum Gasteiger partial charge on any atom is 0.161 e. The number of hydrogen-bond acceptors (Lipinski definition) is 4. The molecule has 0 amide bonds. The zero-order valence-corrected chi connectivity index (χ0v) is 27.7. The quantitative estimate of drug-likeness (QED) is 0.189. The minimum absolute atomic E-state index is 0.299. The van der Waals surface area contributed by atoms with Crippen LogP contribution in [0.4, 0.5) is 0 Å². The van der Waals surface area contributed by atoms with Crippen LogP contribution < -0.4 is 10.6 Å². The van der Waals surface area contributed by atoms with Gasteiger partial charge in [-0.3, -0.25) is 0 Å². The Hall–Kier alpha value is -6.20. The molecule has 236 valence electrons. The zero-order chi connectivity index (χ0) is 33.6. The largest absolute Gasteiger partial charge is 0.455 e. The Bertz CT molecular complexity index is 2870. The predicted molar refractivity (Wildman–Crippen MR) is 202 cm³/mol. The van der Waals surface area contributed by atoms with Gasteiger partial charge in [-0.25, -0.2) is 9.97 Å². The molecule has 5 heterocycles. The summed E-state index contributed by atoms with van der Waals surface area (Å²) in [6, 6.07) is 29.5. The third kappa shape index (κ3) is 3.87. The highest BCUT2D eigenvalue weighted by Crippen LogP contribution is 2.50. The summed E-state index contributed by atoms with van der Waals surface area (Å²) in [5.74, 6) is 1.29. The number of para-hydroxylation sites is 3. The van der Waals surface area contributed by atoms with Crippen molar-refractivity contribution >= 4 is 67.7 Å². The van der Waals surface area contributed by atoms with Gasteiger partial charge in [0.1, 0.15) is 22.3 Å². The van der Waals surface area contributed by atoms with Crippen LogP contribution in [-0.2, 0) is 5.41 Å². The molecule has 0 spiro atoms. The van der Waals surface area contributed by atoms with Gasteiger partial charge in [0.15, 0.2) is 11.4 Å². The van der Waals surface area contributed by atoms with E-state index in [0.717, 1.165) is 71.7 Å². The standard InChI is InChI=1S/C44H33N3O2/c1-7-26-27(8-2)41(48-36(26)10-4)28(9-3)38-29-16-11-13-20-34(29)45-43(46-38)25-22-23-35-33(24-25)44(5,6)32-19-15-18-31-39(32)47(35)40-30-17-12-14-21-37(30)49-42(31)40/h7-24H,1,3-4H2,2,5-6H3/b27-8-,41-28-. The summed E-state index contributed by atoms with van der Waals surface area (Å²) in [6.07, 6.45) is 7.35. The zero-order valence-electron chi connectivity index (χ0n) is 27.7. The van der Waals surface area contributed by atoms with Crippen LogP contribution in [0.25, 0.3) is 84.8 Å². The highest BCUT2D eigenvalue weighted by atomic mass is 16.3. The van der Waals surface area contributed by atoms with E-state index >= 15 is 0 Å². The molecule has 0 N–H and O–H groups in total. The number of aromatic nitrogens is 3. The van der Waals surface area contributed by atoms with E-state index in [-0.39, 0.29) is 5.41 Å². The summed E-state index contributed by atoms with van der Waals surface area (Å²) in [5, 5.41) is 4.07. The maximum atomic E-state index is 6.50. The van der Waals surface area contributed by atoms with Gasteiger partial charge in [-0.2, -0.15) is 0 Å². The van der Waals surface area contributed by atoms with E-state index in [1.165, 1.54) is 16.6 Å². The SMILES string of the molecule is C=C/C(c1nc(-c2ccc3c(c2)C(C)(C)c2cccc4c5oc6ccccc6c5n-3c24)nc2ccccc12)=c1/oc(C=C)c(C=C)/c1=C/C. The number of hydrogen-bond donors (Lipinski definition) is 0. The molecule has 1 aliphatic heterocycles. The molecule has 49 heavy (non-hydrogen) atoms. The van der Waals surface area contributed by atoms with E-state index in [4.69, 9.17) is 18.8 Å². The van der Waals surface area contributed by atoms with E-state index in [0.29, 0.717) is 17.0 Å². The normalized spacial score (nSPS) is 14.5. The number of furan rings is 2. The monoisotopic (exact) mass is 635 g/mol. The minimum Gasteiger partial charge on any atom is -0.455 e. The molecule has 0 bridgehead atoms. The van der Waals surface area contributed by atoms with Gasteiger partial charge >= 0.3 is 0 Å². The molecule has 5 heteroatoms. The second kappa shape index (κ2) is 10.4. The van der Waals surface area contributed by atoms with Crippen LogP contribution in [-0.4, -0.2) is 14.5 Å². The molecule has 4 aromatic carbocycles. The Morgan fingerprint density at radius 3 is 2.33 bits per heavy atom. The fraction of sp³-hybridized carbons (Fsp3) is 0.0909. The van der Waals surface area contributed by atoms with Crippen molar-refractivity contribution in [2.24, 2.45) is 0 Å². The van der Waals surface area contributed by atoms with E-state index in [2.05, 4.69) is 86.7 Å². The Balaban J connectivity index is 1.33. The molecule has 0 aliphatic carbocycles. The summed E-state index contributed by atoms with van der Waals surface area (Å²) >= 11 is 0. The first kappa shape index (κ1) is 29.0. The molecule has 9 rings (SSSR count). The van der Waals surface area contributed by atoms with Gasteiger partial charge < -0.3 is 13.4 Å². The van der Waals surface area contributed by atoms with E-state index < -0.39 is 0 Å². The average molecular weight is 636 g/mol. The molecule has 0 saturated carbocycles. The predicted octanol–water partition coefficient (Wildman–Crippen LogP) is 9.84. The Morgan fingerprint density at radius 2 is 1.55 bits per heavy atom. The van der Waals surface area contributed by atoms with Crippen molar-refractivity contribution in [1.82, 2.24) is 14.5 Å². The van der Waals surface area contributed by atoms with Gasteiger partial charge in [-0.05, 0) is 66.6 Å². The number of fused-ring (bicyclic) bond motifs is 8. The first-order valence-electron chi connectivity index (χ1n) is 16.5. The van der Waals surface area contributed by atoms with Gasteiger partial charge in [0.25, 0.3) is 0 Å². The van der Waals surface area contributed by atoms with Crippen molar-refractivity contribution in [3.8, 4) is 17.1 Å². The van der Waals surface area contributed by atoms with Gasteiger partial charge in [0.2, 0.25) is 0 Å². The van der Waals surface area contributed by atoms with Crippen LogP contribution in [0.1, 0.15) is 48.9 Å². The Morgan fingerprint density at radius 1 is 0.776 bits per heavy atom. The first-order valence-corrected chi connectivity index (χ1v) is 16.5. The lowest BCUT2D eigenvalue weighted by Crippen LogP contribution is -2.26. The smallest absolute Gasteiger partial charge is 0.161 e. The third-order valence-corrected chi connectivity index (χ3v) is 10.1. The average Bonchev–Trinajstić information content (AvgIpc) is 3.79. The molecule has 1 aliphatic rings. The van der Waals surface area contributed by atoms with Crippen LogP contribution in [0.2, 0.25) is 0 Å². The highest BCUT2D eigenvalue weighted by molar-refractivity contribution is 6.17.